The van der Waals surface area contributed by atoms with Crippen molar-refractivity contribution in [2.75, 3.05) is 6.54 Å². The third kappa shape index (κ3) is 2.65. The lowest BCUT2D eigenvalue weighted by molar-refractivity contribution is 0.774. The first-order valence-electron chi connectivity index (χ1n) is 7.05. The Morgan fingerprint density at radius 3 is 2.57 bits per heavy atom. The SMILES string of the molecule is CC(CN)c1cc2cccc(Cl)c2nc1-c1ccccc1. The normalized spacial score (nSPS) is 12.5. The lowest BCUT2D eigenvalue weighted by Crippen LogP contribution is -2.11. The smallest absolute Gasteiger partial charge is 0.0895 e. The Balaban J connectivity index is 2.31. The molecule has 0 aliphatic heterocycles. The van der Waals surface area contributed by atoms with Crippen LogP contribution in [-0.4, -0.2) is 11.5 Å². The number of fused-ring (bicyclic) bond motifs is 1. The molecule has 2 aromatic carbocycles. The van der Waals surface area contributed by atoms with Crippen molar-refractivity contribution in [2.45, 2.75) is 12.8 Å². The van der Waals surface area contributed by atoms with Crippen molar-refractivity contribution in [3.05, 3.63) is 65.2 Å². The zero-order valence-corrected chi connectivity index (χ0v) is 12.6. The van der Waals surface area contributed by atoms with E-state index in [1.165, 1.54) is 5.56 Å². The van der Waals surface area contributed by atoms with E-state index in [0.29, 0.717) is 11.6 Å². The Bertz CT molecular complexity index is 769. The maximum atomic E-state index is 6.30. The van der Waals surface area contributed by atoms with Crippen LogP contribution in [0.15, 0.2) is 54.6 Å². The molecule has 0 amide bonds. The fourth-order valence-electron chi connectivity index (χ4n) is 2.51. The molecule has 2 N–H and O–H groups in total. The number of hydrogen-bond donors (Lipinski definition) is 1. The number of nitrogens with two attached hydrogens (primary N) is 1. The van der Waals surface area contributed by atoms with Crippen molar-refractivity contribution < 1.29 is 0 Å². The first kappa shape index (κ1) is 14.1. The Kier molecular flexibility index (Phi) is 3.91. The van der Waals surface area contributed by atoms with Crippen molar-refractivity contribution in [2.24, 2.45) is 5.73 Å². The first-order chi connectivity index (χ1) is 10.2. The zero-order chi connectivity index (χ0) is 14.8. The molecule has 0 spiro atoms. The van der Waals surface area contributed by atoms with Crippen LogP contribution in [0.2, 0.25) is 5.02 Å². The van der Waals surface area contributed by atoms with Crippen LogP contribution >= 0.6 is 11.6 Å². The summed E-state index contributed by atoms with van der Waals surface area (Å²) < 4.78 is 0. The number of nitrogens with zero attached hydrogens (tertiary/aromatic N) is 1. The maximum Gasteiger partial charge on any atom is 0.0895 e. The van der Waals surface area contributed by atoms with Gasteiger partial charge in [0.2, 0.25) is 0 Å². The van der Waals surface area contributed by atoms with E-state index in [4.69, 9.17) is 22.3 Å². The second-order valence-corrected chi connectivity index (χ2v) is 5.65. The summed E-state index contributed by atoms with van der Waals surface area (Å²) in [6.07, 6.45) is 0. The molecule has 0 fully saturated rings. The van der Waals surface area contributed by atoms with Crippen molar-refractivity contribution in [3.63, 3.8) is 0 Å². The summed E-state index contributed by atoms with van der Waals surface area (Å²) in [6, 6.07) is 18.2. The Morgan fingerprint density at radius 1 is 1.10 bits per heavy atom. The van der Waals surface area contributed by atoms with E-state index in [0.717, 1.165) is 22.2 Å². The average Bonchev–Trinajstić information content (AvgIpc) is 2.54. The van der Waals surface area contributed by atoms with Crippen LogP contribution in [0.1, 0.15) is 18.4 Å². The van der Waals surface area contributed by atoms with Gasteiger partial charge in [-0.05, 0) is 30.2 Å². The Hall–Kier alpha value is -1.90. The molecule has 0 radical (unpaired) electrons. The largest absolute Gasteiger partial charge is 0.330 e. The molecule has 2 nitrogen and oxygen atoms in total. The van der Waals surface area contributed by atoms with Gasteiger partial charge in [-0.2, -0.15) is 0 Å². The quantitative estimate of drug-likeness (QED) is 0.766. The molecule has 21 heavy (non-hydrogen) atoms. The highest BCUT2D eigenvalue weighted by atomic mass is 35.5. The zero-order valence-electron chi connectivity index (χ0n) is 11.9. The van der Waals surface area contributed by atoms with Gasteiger partial charge in [-0.15, -0.1) is 0 Å². The highest BCUT2D eigenvalue weighted by Crippen LogP contribution is 2.32. The molecule has 1 unspecified atom stereocenters. The third-order valence-corrected chi connectivity index (χ3v) is 4.06. The second-order valence-electron chi connectivity index (χ2n) is 5.24. The van der Waals surface area contributed by atoms with Crippen molar-refractivity contribution >= 4 is 22.5 Å². The fourth-order valence-corrected chi connectivity index (χ4v) is 2.73. The molecule has 3 heteroatoms. The summed E-state index contributed by atoms with van der Waals surface area (Å²) in [5, 5.41) is 1.73. The summed E-state index contributed by atoms with van der Waals surface area (Å²) in [4.78, 5) is 4.83. The van der Waals surface area contributed by atoms with E-state index in [1.807, 2.05) is 36.4 Å². The molecule has 106 valence electrons. The Morgan fingerprint density at radius 2 is 1.86 bits per heavy atom. The minimum atomic E-state index is 0.246. The molecule has 0 aliphatic carbocycles. The molecule has 0 saturated carbocycles. The fraction of sp³-hybridized carbons (Fsp3) is 0.167. The molecule has 0 aliphatic rings. The number of hydrogen-bond acceptors (Lipinski definition) is 2. The van der Waals surface area contributed by atoms with Crippen molar-refractivity contribution in [1.82, 2.24) is 4.98 Å². The molecule has 3 rings (SSSR count). The average molecular weight is 297 g/mol. The van der Waals surface area contributed by atoms with Crippen LogP contribution in [0.3, 0.4) is 0 Å². The van der Waals surface area contributed by atoms with Crippen LogP contribution in [-0.2, 0) is 0 Å². The van der Waals surface area contributed by atoms with E-state index in [9.17, 15) is 0 Å². The molecule has 0 bridgehead atoms. The number of rotatable bonds is 3. The molecule has 1 aromatic heterocycles. The van der Waals surface area contributed by atoms with Gasteiger partial charge >= 0.3 is 0 Å². The topological polar surface area (TPSA) is 38.9 Å². The Labute approximate surface area is 129 Å². The van der Waals surface area contributed by atoms with Crippen LogP contribution in [0.4, 0.5) is 0 Å². The van der Waals surface area contributed by atoms with E-state index < -0.39 is 0 Å². The predicted octanol–water partition coefficient (Wildman–Crippen LogP) is 4.62. The van der Waals surface area contributed by atoms with Gasteiger partial charge in [0.15, 0.2) is 0 Å². The van der Waals surface area contributed by atoms with E-state index in [1.54, 1.807) is 0 Å². The summed E-state index contributed by atoms with van der Waals surface area (Å²) >= 11 is 6.30. The summed E-state index contributed by atoms with van der Waals surface area (Å²) in [5.74, 6) is 0.246. The molecular formula is C18H17ClN2. The van der Waals surface area contributed by atoms with Crippen molar-refractivity contribution in [3.8, 4) is 11.3 Å². The van der Waals surface area contributed by atoms with Crippen molar-refractivity contribution in [1.29, 1.82) is 0 Å². The van der Waals surface area contributed by atoms with Gasteiger partial charge in [-0.25, -0.2) is 4.98 Å². The minimum Gasteiger partial charge on any atom is -0.330 e. The van der Waals surface area contributed by atoms with Gasteiger partial charge < -0.3 is 5.73 Å². The molecular weight excluding hydrogens is 280 g/mol. The van der Waals surface area contributed by atoms with Gasteiger partial charge in [0.1, 0.15) is 0 Å². The van der Waals surface area contributed by atoms with Crippen LogP contribution in [0, 0.1) is 0 Å². The van der Waals surface area contributed by atoms with Crippen LogP contribution in [0.25, 0.3) is 22.2 Å². The third-order valence-electron chi connectivity index (χ3n) is 3.76. The summed E-state index contributed by atoms with van der Waals surface area (Å²) in [7, 11) is 0. The van der Waals surface area contributed by atoms with Gasteiger partial charge in [0, 0.05) is 10.9 Å². The summed E-state index contributed by atoms with van der Waals surface area (Å²) in [5.41, 5.74) is 9.93. The molecule has 3 aromatic rings. The van der Waals surface area contributed by atoms with E-state index in [-0.39, 0.29) is 5.92 Å². The molecule has 1 heterocycles. The van der Waals surface area contributed by atoms with Crippen LogP contribution in [0.5, 0.6) is 0 Å². The van der Waals surface area contributed by atoms with Gasteiger partial charge in [-0.3, -0.25) is 0 Å². The number of aromatic nitrogens is 1. The first-order valence-corrected chi connectivity index (χ1v) is 7.43. The lowest BCUT2D eigenvalue weighted by atomic mass is 9.94. The van der Waals surface area contributed by atoms with Crippen LogP contribution < -0.4 is 5.73 Å². The monoisotopic (exact) mass is 296 g/mol. The van der Waals surface area contributed by atoms with Gasteiger partial charge in [0.25, 0.3) is 0 Å². The predicted molar refractivity (Wildman–Crippen MR) is 89.7 cm³/mol. The van der Waals surface area contributed by atoms with Gasteiger partial charge in [-0.1, -0.05) is 61.0 Å². The molecule has 1 atom stereocenters. The number of halogens is 1. The van der Waals surface area contributed by atoms with E-state index in [2.05, 4.69) is 25.1 Å². The maximum absolute atomic E-state index is 6.30. The highest BCUT2D eigenvalue weighted by Gasteiger charge is 2.15. The number of para-hydroxylation sites is 1. The molecule has 0 saturated heterocycles. The summed E-state index contributed by atoms with van der Waals surface area (Å²) in [6.45, 7) is 2.72. The minimum absolute atomic E-state index is 0.246. The van der Waals surface area contributed by atoms with Gasteiger partial charge in [0.05, 0.1) is 16.2 Å². The lowest BCUT2D eigenvalue weighted by Gasteiger charge is -2.16. The standard InChI is InChI=1S/C18H17ClN2/c1-12(11-20)15-10-14-8-5-9-16(19)18(14)21-17(15)13-6-3-2-4-7-13/h2-10,12H,11,20H2,1H3. The number of benzene rings is 2. The van der Waals surface area contributed by atoms with E-state index >= 15 is 0 Å². The number of pyridine rings is 1. The second kappa shape index (κ2) is 5.84. The highest BCUT2D eigenvalue weighted by molar-refractivity contribution is 6.35.